The summed E-state index contributed by atoms with van der Waals surface area (Å²) in [4.78, 5) is 11.2. The topological polar surface area (TPSA) is 29.1 Å². The van der Waals surface area contributed by atoms with E-state index >= 15 is 0 Å². The summed E-state index contributed by atoms with van der Waals surface area (Å²) in [6, 6.07) is 4.94. The van der Waals surface area contributed by atoms with E-state index < -0.39 is 18.3 Å². The number of anilines is 1. The summed E-state index contributed by atoms with van der Waals surface area (Å²) in [6.45, 7) is 0. The lowest BCUT2D eigenvalue weighted by molar-refractivity contribution is -0.163. The van der Waals surface area contributed by atoms with E-state index in [-0.39, 0.29) is 5.69 Å². The molecule has 0 heterocycles. The van der Waals surface area contributed by atoms with Gasteiger partial charge in [-0.1, -0.05) is 12.1 Å². The Morgan fingerprint density at radius 1 is 1.21 bits per heavy atom. The van der Waals surface area contributed by atoms with Gasteiger partial charge in [0.1, 0.15) is 0 Å². The van der Waals surface area contributed by atoms with E-state index in [1.807, 2.05) is 11.4 Å². The van der Waals surface area contributed by atoms with Crippen LogP contribution in [0.1, 0.15) is 24.0 Å². The van der Waals surface area contributed by atoms with Gasteiger partial charge >= 0.3 is 18.3 Å². The van der Waals surface area contributed by atoms with Crippen molar-refractivity contribution in [1.29, 1.82) is 0 Å². The first kappa shape index (κ1) is 13.8. The number of fused-ring (bicyclic) bond motifs is 1. The number of hydrogen-bond donors (Lipinski definition) is 1. The number of carbonyl (C=O) groups excluding carboxylic acids is 1. The highest BCUT2D eigenvalue weighted by Crippen LogP contribution is 2.30. The second-order valence-electron chi connectivity index (χ2n) is 4.53. The Morgan fingerprint density at radius 2 is 1.89 bits per heavy atom. The summed E-state index contributed by atoms with van der Waals surface area (Å²) in [5, 5.41) is 1.92. The number of carbonyl (C=O) groups is 1. The van der Waals surface area contributed by atoms with Crippen LogP contribution in [0.3, 0.4) is 0 Å². The molecule has 0 atom stereocenters. The van der Waals surface area contributed by atoms with Gasteiger partial charge in [-0.05, 0) is 42.9 Å². The Morgan fingerprint density at radius 3 is 2.58 bits per heavy atom. The van der Waals surface area contributed by atoms with E-state index in [4.69, 9.17) is 0 Å². The first-order chi connectivity index (χ1) is 8.93. The number of aryl methyl sites for hydroxylation is 1. The first-order valence-corrected chi connectivity index (χ1v) is 6.01. The van der Waals surface area contributed by atoms with Crippen LogP contribution in [-0.4, -0.2) is 18.3 Å². The van der Waals surface area contributed by atoms with Crippen LogP contribution < -0.4 is 5.32 Å². The van der Waals surface area contributed by atoms with Gasteiger partial charge in [-0.3, -0.25) is 4.79 Å². The van der Waals surface area contributed by atoms with Crippen molar-refractivity contribution in [2.45, 2.75) is 38.0 Å². The van der Waals surface area contributed by atoms with Gasteiger partial charge < -0.3 is 5.32 Å². The third-order valence-corrected chi connectivity index (χ3v) is 3.22. The van der Waals surface area contributed by atoms with Crippen molar-refractivity contribution in [1.82, 2.24) is 0 Å². The van der Waals surface area contributed by atoms with Crippen molar-refractivity contribution in [3.63, 3.8) is 0 Å². The average molecular weight is 275 g/mol. The van der Waals surface area contributed by atoms with Crippen LogP contribution in [0.2, 0.25) is 0 Å². The van der Waals surface area contributed by atoms with Crippen LogP contribution in [0.15, 0.2) is 18.2 Å². The molecule has 0 bridgehead atoms. The van der Waals surface area contributed by atoms with E-state index in [1.54, 1.807) is 6.07 Å². The molecular weight excluding hydrogens is 262 g/mol. The van der Waals surface area contributed by atoms with Crippen molar-refractivity contribution in [2.24, 2.45) is 0 Å². The monoisotopic (exact) mass is 275 g/mol. The number of amides is 1. The van der Waals surface area contributed by atoms with E-state index in [0.717, 1.165) is 30.4 Å². The molecule has 1 aliphatic rings. The third-order valence-electron chi connectivity index (χ3n) is 3.22. The van der Waals surface area contributed by atoms with Crippen molar-refractivity contribution >= 4 is 11.6 Å². The molecule has 0 saturated carbocycles. The number of rotatable bonds is 3. The summed E-state index contributed by atoms with van der Waals surface area (Å²) in [5.74, 6) is -6.63. The lowest BCUT2D eigenvalue weighted by atomic mass is 9.90. The van der Waals surface area contributed by atoms with E-state index in [0.29, 0.717) is 6.42 Å². The SMILES string of the molecule is O=C(Nc1cccc2c1CCCC2)C(F)(F)C(F)F. The maximum absolute atomic E-state index is 12.9. The Bertz CT molecular complexity index is 488. The Balaban J connectivity index is 2.22. The van der Waals surface area contributed by atoms with Crippen LogP contribution in [0.4, 0.5) is 23.2 Å². The molecule has 1 aromatic rings. The molecule has 1 aliphatic carbocycles. The molecule has 0 radical (unpaired) electrons. The summed E-state index contributed by atoms with van der Waals surface area (Å²) in [5.41, 5.74) is 1.96. The molecule has 0 aromatic heterocycles. The van der Waals surface area contributed by atoms with Gasteiger partial charge in [-0.25, -0.2) is 8.78 Å². The third kappa shape index (κ3) is 2.72. The minimum atomic E-state index is -4.67. The second kappa shape index (κ2) is 5.19. The molecule has 0 aliphatic heterocycles. The fourth-order valence-corrected chi connectivity index (χ4v) is 2.20. The average Bonchev–Trinajstić information content (AvgIpc) is 2.39. The smallest absolute Gasteiger partial charge is 0.320 e. The number of benzene rings is 1. The van der Waals surface area contributed by atoms with E-state index in [2.05, 4.69) is 0 Å². The number of nitrogens with one attached hydrogen (secondary N) is 1. The highest BCUT2D eigenvalue weighted by molar-refractivity contribution is 5.97. The zero-order valence-corrected chi connectivity index (χ0v) is 10.1. The molecule has 0 fully saturated rings. The van der Waals surface area contributed by atoms with E-state index in [9.17, 15) is 22.4 Å². The normalized spacial score (nSPS) is 15.2. The van der Waals surface area contributed by atoms with Gasteiger partial charge in [-0.15, -0.1) is 0 Å². The molecule has 1 aromatic carbocycles. The van der Waals surface area contributed by atoms with Gasteiger partial charge in [-0.2, -0.15) is 8.78 Å². The van der Waals surface area contributed by atoms with Crippen molar-refractivity contribution in [3.05, 3.63) is 29.3 Å². The minimum absolute atomic E-state index is 0.211. The van der Waals surface area contributed by atoms with Crippen LogP contribution in [-0.2, 0) is 17.6 Å². The van der Waals surface area contributed by atoms with Crippen molar-refractivity contribution in [2.75, 3.05) is 5.32 Å². The molecular formula is C13H13F4NO. The van der Waals surface area contributed by atoms with E-state index in [1.165, 1.54) is 6.07 Å². The van der Waals surface area contributed by atoms with Gasteiger partial charge in [0.25, 0.3) is 0 Å². The van der Waals surface area contributed by atoms with Crippen LogP contribution >= 0.6 is 0 Å². The molecule has 1 amide bonds. The second-order valence-corrected chi connectivity index (χ2v) is 4.53. The fourth-order valence-electron chi connectivity index (χ4n) is 2.20. The van der Waals surface area contributed by atoms with Gasteiger partial charge in [0.2, 0.25) is 0 Å². The molecule has 6 heteroatoms. The standard InChI is InChI=1S/C13H13F4NO/c14-11(15)13(16,17)12(19)18-10-7-3-5-8-4-1-2-6-9(8)10/h3,5,7,11H,1-2,4,6H2,(H,18,19). The minimum Gasteiger partial charge on any atom is -0.320 e. The lowest BCUT2D eigenvalue weighted by Gasteiger charge is -2.21. The zero-order valence-electron chi connectivity index (χ0n) is 10.1. The summed E-state index contributed by atoms with van der Waals surface area (Å²) in [6.07, 6.45) is -0.647. The van der Waals surface area contributed by atoms with Gasteiger partial charge in [0, 0.05) is 5.69 Å². The Labute approximate surface area is 107 Å². The molecule has 0 spiro atoms. The lowest BCUT2D eigenvalue weighted by Crippen LogP contribution is -2.41. The molecule has 2 rings (SSSR count). The summed E-state index contributed by atoms with van der Waals surface area (Å²) >= 11 is 0. The highest BCUT2D eigenvalue weighted by Gasteiger charge is 2.49. The first-order valence-electron chi connectivity index (χ1n) is 6.01. The molecule has 2 nitrogen and oxygen atoms in total. The molecule has 0 saturated heterocycles. The Hall–Kier alpha value is -1.59. The van der Waals surface area contributed by atoms with Crippen molar-refractivity contribution < 1.29 is 22.4 Å². The van der Waals surface area contributed by atoms with Crippen molar-refractivity contribution in [3.8, 4) is 0 Å². The highest BCUT2D eigenvalue weighted by atomic mass is 19.3. The predicted molar refractivity (Wildman–Crippen MR) is 62.7 cm³/mol. The number of hydrogen-bond acceptors (Lipinski definition) is 1. The van der Waals surface area contributed by atoms with Gasteiger partial charge in [0.15, 0.2) is 0 Å². The summed E-state index contributed by atoms with van der Waals surface area (Å²) < 4.78 is 50.0. The van der Waals surface area contributed by atoms with Crippen LogP contribution in [0.5, 0.6) is 0 Å². The predicted octanol–water partition coefficient (Wildman–Crippen LogP) is 3.40. The molecule has 0 unspecified atom stereocenters. The largest absolute Gasteiger partial charge is 0.383 e. The number of halogens is 4. The summed E-state index contributed by atoms with van der Waals surface area (Å²) in [7, 11) is 0. The van der Waals surface area contributed by atoms with Gasteiger partial charge in [0.05, 0.1) is 0 Å². The quantitative estimate of drug-likeness (QED) is 0.842. The molecule has 1 N–H and O–H groups in total. The van der Waals surface area contributed by atoms with Crippen LogP contribution in [0, 0.1) is 0 Å². The molecule has 19 heavy (non-hydrogen) atoms. The fraction of sp³-hybridized carbons (Fsp3) is 0.462. The Kier molecular flexibility index (Phi) is 3.78. The van der Waals surface area contributed by atoms with Crippen LogP contribution in [0.25, 0.3) is 0 Å². The maximum atomic E-state index is 12.9. The zero-order chi connectivity index (χ0) is 14.0. The molecule has 104 valence electrons. The maximum Gasteiger partial charge on any atom is 0.383 e. The number of alkyl halides is 4.